The monoisotopic (exact) mass is 285 g/mol. The van der Waals surface area contributed by atoms with Gasteiger partial charge in [-0.15, -0.1) is 0 Å². The molecule has 2 aromatic rings. The van der Waals surface area contributed by atoms with Crippen LogP contribution < -0.4 is 4.74 Å². The predicted octanol–water partition coefficient (Wildman–Crippen LogP) is 3.72. The Labute approximate surface area is 123 Å². The molecule has 0 aliphatic heterocycles. The fraction of sp³-hybridized carbons (Fsp3) is 0.235. The highest BCUT2D eigenvalue weighted by Crippen LogP contribution is 2.21. The van der Waals surface area contributed by atoms with Crippen LogP contribution in [-0.4, -0.2) is 5.11 Å². The second kappa shape index (κ2) is 6.87. The molecule has 21 heavy (non-hydrogen) atoms. The Morgan fingerprint density at radius 1 is 1.24 bits per heavy atom. The number of hydrogen-bond acceptors (Lipinski definition) is 3. The summed E-state index contributed by atoms with van der Waals surface area (Å²) in [6, 6.07) is 13.5. The van der Waals surface area contributed by atoms with Crippen molar-refractivity contribution in [3.63, 3.8) is 0 Å². The van der Waals surface area contributed by atoms with Gasteiger partial charge < -0.3 is 9.84 Å². The smallest absolute Gasteiger partial charge is 0.147 e. The zero-order chi connectivity index (χ0) is 15.2. The summed E-state index contributed by atoms with van der Waals surface area (Å²) in [4.78, 5) is 0. The van der Waals surface area contributed by atoms with Crippen LogP contribution in [0.4, 0.5) is 4.39 Å². The van der Waals surface area contributed by atoms with E-state index in [1.165, 1.54) is 6.07 Å². The number of nitrogens with zero attached hydrogens (tertiary/aromatic N) is 1. The number of rotatable bonds is 5. The van der Waals surface area contributed by atoms with Gasteiger partial charge in [-0.2, -0.15) is 5.26 Å². The van der Waals surface area contributed by atoms with Crippen molar-refractivity contribution >= 4 is 0 Å². The van der Waals surface area contributed by atoms with E-state index in [0.29, 0.717) is 17.7 Å². The standard InChI is InChI=1S/C17H16FNO2/c1-2-16(20)12-6-8-15(9-7-12)21-11-14-5-3-4-13(10-19)17(14)18/h3-9,16,20H,2,11H2,1H3/t16-/m1/s1. The Morgan fingerprint density at radius 2 is 1.95 bits per heavy atom. The predicted molar refractivity (Wildman–Crippen MR) is 77.1 cm³/mol. The molecule has 0 saturated carbocycles. The van der Waals surface area contributed by atoms with Crippen molar-refractivity contribution < 1.29 is 14.2 Å². The minimum absolute atomic E-state index is 0.0116. The molecular formula is C17H16FNO2. The molecule has 2 rings (SSSR count). The number of nitriles is 1. The summed E-state index contributed by atoms with van der Waals surface area (Å²) < 4.78 is 19.4. The minimum atomic E-state index is -0.543. The van der Waals surface area contributed by atoms with Gasteiger partial charge in [0, 0.05) is 5.56 Å². The minimum Gasteiger partial charge on any atom is -0.489 e. The van der Waals surface area contributed by atoms with Crippen molar-refractivity contribution in [2.45, 2.75) is 26.1 Å². The van der Waals surface area contributed by atoms with Crippen LogP contribution in [-0.2, 0) is 6.61 Å². The van der Waals surface area contributed by atoms with E-state index in [1.807, 2.05) is 6.92 Å². The number of benzene rings is 2. The van der Waals surface area contributed by atoms with Crippen LogP contribution in [0.5, 0.6) is 5.75 Å². The van der Waals surface area contributed by atoms with Crippen LogP contribution in [0.3, 0.4) is 0 Å². The summed E-state index contributed by atoms with van der Waals surface area (Å²) >= 11 is 0. The average molecular weight is 285 g/mol. The van der Waals surface area contributed by atoms with E-state index in [1.54, 1.807) is 42.5 Å². The highest BCUT2D eigenvalue weighted by atomic mass is 19.1. The first-order valence-electron chi connectivity index (χ1n) is 6.74. The molecule has 0 spiro atoms. The van der Waals surface area contributed by atoms with E-state index >= 15 is 0 Å². The van der Waals surface area contributed by atoms with Crippen LogP contribution in [0, 0.1) is 17.1 Å². The zero-order valence-electron chi connectivity index (χ0n) is 11.7. The van der Waals surface area contributed by atoms with Gasteiger partial charge in [-0.1, -0.05) is 31.2 Å². The summed E-state index contributed by atoms with van der Waals surface area (Å²) in [5, 5.41) is 18.5. The van der Waals surface area contributed by atoms with Gasteiger partial charge in [0.1, 0.15) is 24.2 Å². The highest BCUT2D eigenvalue weighted by Gasteiger charge is 2.08. The first-order chi connectivity index (χ1) is 10.2. The second-order valence-electron chi connectivity index (χ2n) is 4.67. The largest absolute Gasteiger partial charge is 0.489 e. The van der Waals surface area contributed by atoms with E-state index in [-0.39, 0.29) is 12.2 Å². The van der Waals surface area contributed by atoms with Gasteiger partial charge in [0.25, 0.3) is 0 Å². The van der Waals surface area contributed by atoms with Crippen LogP contribution >= 0.6 is 0 Å². The molecule has 108 valence electrons. The Morgan fingerprint density at radius 3 is 2.57 bits per heavy atom. The van der Waals surface area contributed by atoms with Crippen LogP contribution in [0.1, 0.15) is 36.1 Å². The first kappa shape index (κ1) is 15.0. The number of hydrogen-bond donors (Lipinski definition) is 1. The van der Waals surface area contributed by atoms with Gasteiger partial charge in [-0.25, -0.2) is 4.39 Å². The van der Waals surface area contributed by atoms with Gasteiger partial charge in [0.05, 0.1) is 11.7 Å². The number of halogens is 1. The number of aliphatic hydroxyl groups is 1. The quantitative estimate of drug-likeness (QED) is 0.911. The second-order valence-corrected chi connectivity index (χ2v) is 4.67. The van der Waals surface area contributed by atoms with E-state index in [9.17, 15) is 9.50 Å². The zero-order valence-corrected chi connectivity index (χ0v) is 11.7. The molecule has 0 unspecified atom stereocenters. The molecule has 2 aromatic carbocycles. The van der Waals surface area contributed by atoms with Crippen molar-refractivity contribution in [1.29, 1.82) is 5.26 Å². The van der Waals surface area contributed by atoms with Crippen LogP contribution in [0.25, 0.3) is 0 Å². The van der Waals surface area contributed by atoms with E-state index in [2.05, 4.69) is 0 Å². The molecule has 0 aliphatic rings. The summed E-state index contributed by atoms with van der Waals surface area (Å²) in [5.41, 5.74) is 1.17. The SMILES string of the molecule is CC[C@@H](O)c1ccc(OCc2cccc(C#N)c2F)cc1. The Balaban J connectivity index is 2.05. The third-order valence-corrected chi connectivity index (χ3v) is 3.25. The normalized spacial score (nSPS) is 11.7. The molecule has 0 saturated heterocycles. The molecule has 0 radical (unpaired) electrons. The third kappa shape index (κ3) is 3.59. The lowest BCUT2D eigenvalue weighted by Gasteiger charge is -2.10. The third-order valence-electron chi connectivity index (χ3n) is 3.25. The first-order valence-corrected chi connectivity index (χ1v) is 6.74. The summed E-state index contributed by atoms with van der Waals surface area (Å²) in [6.07, 6.45) is 0.163. The Hall–Kier alpha value is -2.38. The molecule has 0 aliphatic carbocycles. The van der Waals surface area contributed by atoms with Crippen LogP contribution in [0.2, 0.25) is 0 Å². The maximum Gasteiger partial charge on any atom is 0.147 e. The van der Waals surface area contributed by atoms with Gasteiger partial charge in [0.15, 0.2) is 0 Å². The molecule has 0 amide bonds. The maximum absolute atomic E-state index is 13.9. The van der Waals surface area contributed by atoms with Crippen molar-refractivity contribution in [1.82, 2.24) is 0 Å². The molecule has 1 N–H and O–H groups in total. The lowest BCUT2D eigenvalue weighted by atomic mass is 10.1. The van der Waals surface area contributed by atoms with Gasteiger partial charge >= 0.3 is 0 Å². The van der Waals surface area contributed by atoms with E-state index in [4.69, 9.17) is 10.00 Å². The fourth-order valence-corrected chi connectivity index (χ4v) is 1.96. The van der Waals surface area contributed by atoms with Crippen molar-refractivity contribution in [3.05, 3.63) is 65.0 Å². The van der Waals surface area contributed by atoms with Gasteiger partial charge in [-0.05, 0) is 30.2 Å². The molecule has 0 heterocycles. The highest BCUT2D eigenvalue weighted by molar-refractivity contribution is 5.35. The van der Waals surface area contributed by atoms with E-state index < -0.39 is 11.9 Å². The molecule has 0 fully saturated rings. The lowest BCUT2D eigenvalue weighted by Crippen LogP contribution is -2.01. The summed E-state index contributed by atoms with van der Waals surface area (Å²) in [6.45, 7) is 1.96. The molecule has 4 heteroatoms. The number of aliphatic hydroxyl groups excluding tert-OH is 1. The van der Waals surface area contributed by atoms with Gasteiger partial charge in [0.2, 0.25) is 0 Å². The van der Waals surface area contributed by atoms with Crippen molar-refractivity contribution in [3.8, 4) is 11.8 Å². The molecule has 0 aromatic heterocycles. The fourth-order valence-electron chi connectivity index (χ4n) is 1.96. The van der Waals surface area contributed by atoms with Gasteiger partial charge in [-0.3, -0.25) is 0 Å². The van der Waals surface area contributed by atoms with Crippen molar-refractivity contribution in [2.75, 3.05) is 0 Å². The maximum atomic E-state index is 13.9. The Kier molecular flexibility index (Phi) is 4.91. The van der Waals surface area contributed by atoms with Crippen LogP contribution in [0.15, 0.2) is 42.5 Å². The van der Waals surface area contributed by atoms with E-state index in [0.717, 1.165) is 5.56 Å². The Bertz CT molecular complexity index is 647. The average Bonchev–Trinajstić information content (AvgIpc) is 2.53. The summed E-state index contributed by atoms with van der Waals surface area (Å²) in [5.74, 6) is 0.0434. The molecular weight excluding hydrogens is 269 g/mol. The molecule has 3 nitrogen and oxygen atoms in total. The molecule has 0 bridgehead atoms. The lowest BCUT2D eigenvalue weighted by molar-refractivity contribution is 0.173. The molecule has 1 atom stereocenters. The summed E-state index contributed by atoms with van der Waals surface area (Å²) in [7, 11) is 0. The van der Waals surface area contributed by atoms with Crippen molar-refractivity contribution in [2.24, 2.45) is 0 Å². The topological polar surface area (TPSA) is 53.2 Å². The number of ether oxygens (including phenoxy) is 1.